The molecule has 0 unspecified atom stereocenters. The highest BCUT2D eigenvalue weighted by Crippen LogP contribution is 2.21. The molecule has 1 aliphatic heterocycles. The summed E-state index contributed by atoms with van der Waals surface area (Å²) in [6.07, 6.45) is 1.75. The van der Waals surface area contributed by atoms with Gasteiger partial charge in [0.15, 0.2) is 0 Å². The molecule has 0 bridgehead atoms. The van der Waals surface area contributed by atoms with Gasteiger partial charge in [-0.25, -0.2) is 4.79 Å². The van der Waals surface area contributed by atoms with Gasteiger partial charge in [0, 0.05) is 31.0 Å². The van der Waals surface area contributed by atoms with Gasteiger partial charge >= 0.3 is 5.97 Å². The number of carbonyl (C=O) groups excluding carboxylic acids is 1. The first-order valence-electron chi connectivity index (χ1n) is 5.85. The van der Waals surface area contributed by atoms with Gasteiger partial charge in [-0.15, -0.1) is 11.8 Å². The van der Waals surface area contributed by atoms with Crippen LogP contribution in [-0.4, -0.2) is 44.1 Å². The Hall–Kier alpha value is -1.76. The maximum Gasteiger partial charge on any atom is 0.327 e. The molecule has 1 amide bonds. The number of carboxylic acids is 1. The summed E-state index contributed by atoms with van der Waals surface area (Å²) in [7, 11) is 0. The highest BCUT2D eigenvalue weighted by Gasteiger charge is 2.34. The molecule has 1 aromatic rings. The van der Waals surface area contributed by atoms with Crippen molar-refractivity contribution >= 4 is 23.6 Å². The number of nitrogens with zero attached hydrogens (tertiary/aromatic N) is 2. The molecule has 1 atom stereocenters. The van der Waals surface area contributed by atoms with E-state index in [1.165, 1.54) is 27.3 Å². The van der Waals surface area contributed by atoms with E-state index >= 15 is 0 Å². The number of amides is 1. The van der Waals surface area contributed by atoms with E-state index in [4.69, 9.17) is 5.11 Å². The van der Waals surface area contributed by atoms with Gasteiger partial charge in [0.1, 0.15) is 6.04 Å². The number of hydrogen-bond donors (Lipinski definition) is 1. The summed E-state index contributed by atoms with van der Waals surface area (Å²) in [5.41, 5.74) is -0.166. The monoisotopic (exact) mass is 282 g/mol. The Morgan fingerprint density at radius 3 is 2.89 bits per heavy atom. The van der Waals surface area contributed by atoms with E-state index < -0.39 is 12.0 Å². The third kappa shape index (κ3) is 3.17. The Kier molecular flexibility index (Phi) is 4.26. The second kappa shape index (κ2) is 5.92. The smallest absolute Gasteiger partial charge is 0.327 e. The lowest BCUT2D eigenvalue weighted by Crippen LogP contribution is -2.42. The Morgan fingerprint density at radius 2 is 2.21 bits per heavy atom. The van der Waals surface area contributed by atoms with E-state index in [1.807, 2.05) is 0 Å². The van der Waals surface area contributed by atoms with Crippen LogP contribution >= 0.6 is 11.8 Å². The average molecular weight is 282 g/mol. The molecule has 1 N–H and O–H groups in total. The quantitative estimate of drug-likeness (QED) is 0.855. The summed E-state index contributed by atoms with van der Waals surface area (Å²) in [6.45, 7) is 0.270. The van der Waals surface area contributed by atoms with Gasteiger partial charge in [-0.1, -0.05) is 6.07 Å². The Morgan fingerprint density at radius 1 is 1.42 bits per heavy atom. The van der Waals surface area contributed by atoms with Crippen LogP contribution < -0.4 is 5.56 Å². The summed E-state index contributed by atoms with van der Waals surface area (Å²) in [4.78, 5) is 35.8. The number of hydrogen-bond acceptors (Lipinski definition) is 4. The highest BCUT2D eigenvalue weighted by atomic mass is 32.2. The van der Waals surface area contributed by atoms with E-state index in [2.05, 4.69) is 0 Å². The molecule has 2 rings (SSSR count). The van der Waals surface area contributed by atoms with E-state index in [0.717, 1.165) is 0 Å². The zero-order valence-electron chi connectivity index (χ0n) is 10.2. The summed E-state index contributed by atoms with van der Waals surface area (Å²) in [6, 6.07) is 4.04. The second-order valence-corrected chi connectivity index (χ2v) is 5.20. The molecule has 19 heavy (non-hydrogen) atoms. The van der Waals surface area contributed by atoms with Crippen LogP contribution in [0.2, 0.25) is 0 Å². The molecule has 0 aromatic carbocycles. The molecule has 1 fully saturated rings. The average Bonchev–Trinajstić information content (AvgIpc) is 2.87. The molecule has 0 radical (unpaired) electrons. The van der Waals surface area contributed by atoms with Crippen molar-refractivity contribution in [2.45, 2.75) is 19.0 Å². The number of pyridine rings is 1. The molecule has 1 aromatic heterocycles. The lowest BCUT2D eigenvalue weighted by atomic mass is 10.2. The fraction of sp³-hybridized carbons (Fsp3) is 0.417. The first-order valence-corrected chi connectivity index (χ1v) is 7.00. The fourth-order valence-electron chi connectivity index (χ4n) is 1.90. The second-order valence-electron chi connectivity index (χ2n) is 4.20. The van der Waals surface area contributed by atoms with Crippen molar-refractivity contribution in [2.75, 3.05) is 11.6 Å². The van der Waals surface area contributed by atoms with Gasteiger partial charge in [0.05, 0.1) is 5.88 Å². The largest absolute Gasteiger partial charge is 0.480 e. The SMILES string of the molecule is O=C(O)[C@@H]1CSCN1C(=O)CCn1ccccc1=O. The van der Waals surface area contributed by atoms with Gasteiger partial charge < -0.3 is 14.6 Å². The van der Waals surface area contributed by atoms with Crippen LogP contribution in [0.1, 0.15) is 6.42 Å². The van der Waals surface area contributed by atoms with Crippen molar-refractivity contribution in [3.8, 4) is 0 Å². The molecule has 0 spiro atoms. The molecule has 6 nitrogen and oxygen atoms in total. The predicted molar refractivity (Wildman–Crippen MR) is 70.9 cm³/mol. The molecule has 0 aliphatic carbocycles. The molecule has 7 heteroatoms. The van der Waals surface area contributed by atoms with Crippen molar-refractivity contribution in [1.29, 1.82) is 0 Å². The highest BCUT2D eigenvalue weighted by molar-refractivity contribution is 7.99. The van der Waals surface area contributed by atoms with Crippen LogP contribution in [0.4, 0.5) is 0 Å². The van der Waals surface area contributed by atoms with Gasteiger partial charge in [-0.2, -0.15) is 0 Å². The van der Waals surface area contributed by atoms with Gasteiger partial charge in [-0.3, -0.25) is 9.59 Å². The molecule has 1 aliphatic rings. The third-order valence-corrected chi connectivity index (χ3v) is 3.97. The minimum absolute atomic E-state index is 0.133. The molecule has 0 saturated carbocycles. The number of rotatable bonds is 4. The van der Waals surface area contributed by atoms with Gasteiger partial charge in [0.25, 0.3) is 5.56 Å². The topological polar surface area (TPSA) is 79.6 Å². The predicted octanol–water partition coefficient (Wildman–Crippen LogP) is 0.224. The van der Waals surface area contributed by atoms with E-state index in [1.54, 1.807) is 18.3 Å². The van der Waals surface area contributed by atoms with Crippen molar-refractivity contribution in [2.24, 2.45) is 0 Å². The summed E-state index contributed by atoms with van der Waals surface area (Å²) >= 11 is 1.43. The Bertz CT molecular complexity index is 543. The zero-order valence-corrected chi connectivity index (χ0v) is 11.0. The van der Waals surface area contributed by atoms with Crippen LogP contribution in [0, 0.1) is 0 Å². The number of thioether (sulfide) groups is 1. The zero-order chi connectivity index (χ0) is 13.8. The number of carbonyl (C=O) groups is 2. The molecular formula is C12H14N2O4S. The standard InChI is InChI=1S/C12H14N2O4S/c15-10-3-1-2-5-13(10)6-4-11(16)14-8-19-7-9(14)12(17)18/h1-3,5,9H,4,6-8H2,(H,17,18)/t9-/m0/s1. The summed E-state index contributed by atoms with van der Waals surface area (Å²) in [5.74, 6) is -0.380. The molecule has 1 saturated heterocycles. The number of aryl methyl sites for hydroxylation is 1. The maximum atomic E-state index is 12.0. The van der Waals surface area contributed by atoms with Gasteiger partial charge in [0.2, 0.25) is 5.91 Å². The van der Waals surface area contributed by atoms with E-state index in [9.17, 15) is 14.4 Å². The fourth-order valence-corrected chi connectivity index (χ4v) is 3.07. The lowest BCUT2D eigenvalue weighted by molar-refractivity contribution is -0.147. The minimum atomic E-state index is -0.977. The van der Waals surface area contributed by atoms with Crippen molar-refractivity contribution < 1.29 is 14.7 Å². The summed E-state index contributed by atoms with van der Waals surface area (Å²) in [5, 5.41) is 9.00. The third-order valence-electron chi connectivity index (χ3n) is 2.95. The van der Waals surface area contributed by atoms with Crippen LogP contribution in [0.3, 0.4) is 0 Å². The first-order chi connectivity index (χ1) is 9.09. The molecular weight excluding hydrogens is 268 g/mol. The number of aromatic nitrogens is 1. The molecule has 102 valence electrons. The number of aliphatic carboxylic acids is 1. The molecule has 2 heterocycles. The number of carboxylic acid groups (broad SMARTS) is 1. The van der Waals surface area contributed by atoms with E-state index in [0.29, 0.717) is 11.6 Å². The van der Waals surface area contributed by atoms with Gasteiger partial charge in [-0.05, 0) is 6.07 Å². The minimum Gasteiger partial charge on any atom is -0.480 e. The van der Waals surface area contributed by atoms with Crippen LogP contribution in [0.5, 0.6) is 0 Å². The summed E-state index contributed by atoms with van der Waals surface area (Å²) < 4.78 is 1.44. The van der Waals surface area contributed by atoms with Crippen LogP contribution in [0.25, 0.3) is 0 Å². The van der Waals surface area contributed by atoms with E-state index in [-0.39, 0.29) is 24.4 Å². The van der Waals surface area contributed by atoms with Crippen LogP contribution in [-0.2, 0) is 16.1 Å². The first kappa shape index (κ1) is 13.7. The van der Waals surface area contributed by atoms with Crippen molar-refractivity contribution in [3.63, 3.8) is 0 Å². The Labute approximate surface area is 114 Å². The normalized spacial score (nSPS) is 18.5. The Balaban J connectivity index is 1.97. The maximum absolute atomic E-state index is 12.0. The van der Waals surface area contributed by atoms with Crippen molar-refractivity contribution in [1.82, 2.24) is 9.47 Å². The lowest BCUT2D eigenvalue weighted by Gasteiger charge is -2.20. The van der Waals surface area contributed by atoms with Crippen LogP contribution in [0.15, 0.2) is 29.2 Å². The van der Waals surface area contributed by atoms with Crippen molar-refractivity contribution in [3.05, 3.63) is 34.7 Å².